The maximum atomic E-state index is 13.4. The number of esters is 1. The number of ether oxygens (including phenoxy) is 3. The molecule has 2 fully saturated rings. The number of aryl methyl sites for hydroxylation is 1. The monoisotopic (exact) mass is 591 g/mol. The molecule has 1 aromatic heterocycles. The van der Waals surface area contributed by atoms with E-state index in [4.69, 9.17) is 30.8 Å². The van der Waals surface area contributed by atoms with E-state index in [2.05, 4.69) is 0 Å². The fourth-order valence-electron chi connectivity index (χ4n) is 5.02. The Bertz CT molecular complexity index is 1200. The van der Waals surface area contributed by atoms with Gasteiger partial charge in [-0.05, 0) is 58.2 Å². The maximum absolute atomic E-state index is 13.4. The van der Waals surface area contributed by atoms with Crippen molar-refractivity contribution in [3.05, 3.63) is 50.4 Å². The molecule has 0 aliphatic carbocycles. The number of rotatable bonds is 7. The Labute approximate surface area is 244 Å². The first-order chi connectivity index (χ1) is 18.9. The standard InChI is InChI=1S/C29H38ClN3O6S/c1-18-23(31-26(40-18)20-10-12-32(13-11-20)28(36)39-29(2,3)4)15-25(34)33-16-22(14-24(33)27(35)37-5)38-17-19-6-8-21(30)9-7-19/h6-9,20,22,24H,10-17H2,1-5H3/t22-,24+/m1/s1. The number of halogens is 1. The number of likely N-dealkylation sites (tertiary alicyclic amines) is 2. The van der Waals surface area contributed by atoms with Crippen LogP contribution in [-0.2, 0) is 36.8 Å². The minimum atomic E-state index is -0.691. The second kappa shape index (κ2) is 12.9. The fourth-order valence-corrected chi connectivity index (χ4v) is 6.25. The van der Waals surface area contributed by atoms with Crippen LogP contribution in [0, 0.1) is 6.92 Å². The lowest BCUT2D eigenvalue weighted by atomic mass is 9.98. The molecule has 2 aromatic rings. The van der Waals surface area contributed by atoms with Gasteiger partial charge in [0.1, 0.15) is 11.6 Å². The predicted octanol–water partition coefficient (Wildman–Crippen LogP) is 5.12. The van der Waals surface area contributed by atoms with E-state index in [9.17, 15) is 14.4 Å². The van der Waals surface area contributed by atoms with Crippen molar-refractivity contribution in [2.45, 2.75) is 83.6 Å². The number of carbonyl (C=O) groups excluding carboxylic acids is 3. The molecule has 0 unspecified atom stereocenters. The molecule has 40 heavy (non-hydrogen) atoms. The number of carbonyl (C=O) groups is 3. The summed E-state index contributed by atoms with van der Waals surface area (Å²) in [6.45, 7) is 9.45. The summed E-state index contributed by atoms with van der Waals surface area (Å²) >= 11 is 7.56. The minimum Gasteiger partial charge on any atom is -0.467 e. The summed E-state index contributed by atoms with van der Waals surface area (Å²) in [5, 5.41) is 1.64. The van der Waals surface area contributed by atoms with Crippen LogP contribution >= 0.6 is 22.9 Å². The summed E-state index contributed by atoms with van der Waals surface area (Å²) in [6.07, 6.45) is 1.51. The van der Waals surface area contributed by atoms with Crippen molar-refractivity contribution in [3.63, 3.8) is 0 Å². The molecule has 0 N–H and O–H groups in total. The Hall–Kier alpha value is -2.69. The van der Waals surface area contributed by atoms with Crippen LogP contribution < -0.4 is 0 Å². The van der Waals surface area contributed by atoms with Crippen LogP contribution in [-0.4, -0.2) is 77.2 Å². The highest BCUT2D eigenvalue weighted by Crippen LogP contribution is 2.33. The maximum Gasteiger partial charge on any atom is 0.410 e. The highest BCUT2D eigenvalue weighted by molar-refractivity contribution is 7.11. The molecule has 2 aliphatic rings. The molecule has 1 aromatic carbocycles. The van der Waals surface area contributed by atoms with Crippen LogP contribution in [0.4, 0.5) is 4.79 Å². The number of hydrogen-bond acceptors (Lipinski definition) is 8. The van der Waals surface area contributed by atoms with Gasteiger partial charge in [0.2, 0.25) is 5.91 Å². The van der Waals surface area contributed by atoms with E-state index in [-0.39, 0.29) is 30.4 Å². The minimum absolute atomic E-state index is 0.108. The van der Waals surface area contributed by atoms with E-state index >= 15 is 0 Å². The number of hydrogen-bond donors (Lipinski definition) is 0. The van der Waals surface area contributed by atoms with Crippen molar-refractivity contribution < 1.29 is 28.6 Å². The van der Waals surface area contributed by atoms with Gasteiger partial charge in [-0.2, -0.15) is 0 Å². The molecule has 11 heteroatoms. The molecule has 0 saturated carbocycles. The Kier molecular flexibility index (Phi) is 9.74. The number of aromatic nitrogens is 1. The summed E-state index contributed by atoms with van der Waals surface area (Å²) in [5.41, 5.74) is 1.17. The SMILES string of the molecule is COC(=O)[C@@H]1C[C@@H](OCc2ccc(Cl)cc2)CN1C(=O)Cc1nc(C2CCN(C(=O)OC(C)(C)C)CC2)sc1C. The molecule has 2 atom stereocenters. The van der Waals surface area contributed by atoms with Gasteiger partial charge < -0.3 is 24.0 Å². The molecule has 2 saturated heterocycles. The van der Waals surface area contributed by atoms with E-state index < -0.39 is 17.6 Å². The van der Waals surface area contributed by atoms with Crippen LogP contribution in [0.3, 0.4) is 0 Å². The van der Waals surface area contributed by atoms with Crippen LogP contribution in [0.15, 0.2) is 24.3 Å². The van der Waals surface area contributed by atoms with Gasteiger partial charge in [0.25, 0.3) is 0 Å². The fraction of sp³-hybridized carbons (Fsp3) is 0.586. The molecule has 2 aliphatic heterocycles. The van der Waals surface area contributed by atoms with Crippen LogP contribution in [0.2, 0.25) is 5.02 Å². The highest BCUT2D eigenvalue weighted by atomic mass is 35.5. The molecule has 9 nitrogen and oxygen atoms in total. The lowest BCUT2D eigenvalue weighted by Gasteiger charge is -2.32. The number of amides is 2. The topological polar surface area (TPSA) is 98.3 Å². The van der Waals surface area contributed by atoms with Crippen molar-refractivity contribution in [1.82, 2.24) is 14.8 Å². The van der Waals surface area contributed by atoms with Gasteiger partial charge in [0, 0.05) is 41.9 Å². The second-order valence-electron chi connectivity index (χ2n) is 11.4. The summed E-state index contributed by atoms with van der Waals surface area (Å²) in [4.78, 5) is 47.5. The van der Waals surface area contributed by atoms with E-state index in [0.717, 1.165) is 34.0 Å². The summed E-state index contributed by atoms with van der Waals surface area (Å²) in [7, 11) is 1.33. The molecule has 4 rings (SSSR count). The first-order valence-corrected chi connectivity index (χ1v) is 14.8. The Morgan fingerprint density at radius 2 is 1.80 bits per heavy atom. The largest absolute Gasteiger partial charge is 0.467 e. The summed E-state index contributed by atoms with van der Waals surface area (Å²) < 4.78 is 16.5. The normalized spacial score (nSPS) is 20.1. The molecule has 2 amide bonds. The van der Waals surface area contributed by atoms with Gasteiger partial charge >= 0.3 is 12.1 Å². The van der Waals surface area contributed by atoms with E-state index in [1.807, 2.05) is 39.8 Å². The number of methoxy groups -OCH3 is 1. The lowest BCUT2D eigenvalue weighted by Crippen LogP contribution is -2.42. The number of thiazole rings is 1. The third kappa shape index (κ3) is 7.73. The van der Waals surface area contributed by atoms with Gasteiger partial charge in [-0.1, -0.05) is 23.7 Å². The number of benzene rings is 1. The molecule has 0 radical (unpaired) electrons. The van der Waals surface area contributed by atoms with Crippen molar-refractivity contribution in [3.8, 4) is 0 Å². The average molecular weight is 592 g/mol. The lowest BCUT2D eigenvalue weighted by molar-refractivity contribution is -0.150. The molecular weight excluding hydrogens is 554 g/mol. The van der Waals surface area contributed by atoms with E-state index in [1.165, 1.54) is 7.11 Å². The van der Waals surface area contributed by atoms with E-state index in [1.54, 1.807) is 33.3 Å². The Morgan fingerprint density at radius 3 is 2.42 bits per heavy atom. The van der Waals surface area contributed by atoms with Crippen molar-refractivity contribution in [2.75, 3.05) is 26.7 Å². The Balaban J connectivity index is 1.35. The smallest absolute Gasteiger partial charge is 0.410 e. The van der Waals surface area contributed by atoms with E-state index in [0.29, 0.717) is 37.7 Å². The van der Waals surface area contributed by atoms with Gasteiger partial charge in [0.05, 0.1) is 36.9 Å². The summed E-state index contributed by atoms with van der Waals surface area (Å²) in [6, 6.07) is 6.70. The third-order valence-electron chi connectivity index (χ3n) is 7.18. The van der Waals surface area contributed by atoms with Crippen molar-refractivity contribution >= 4 is 40.9 Å². The van der Waals surface area contributed by atoms with Gasteiger partial charge in [0.15, 0.2) is 0 Å². The van der Waals surface area contributed by atoms with Crippen molar-refractivity contribution in [2.24, 2.45) is 0 Å². The molecule has 3 heterocycles. The first-order valence-electron chi connectivity index (χ1n) is 13.6. The highest BCUT2D eigenvalue weighted by Gasteiger charge is 2.41. The molecule has 0 spiro atoms. The van der Waals surface area contributed by atoms with Gasteiger partial charge in [-0.25, -0.2) is 14.6 Å². The number of piperidine rings is 1. The van der Waals surface area contributed by atoms with Crippen LogP contribution in [0.25, 0.3) is 0 Å². The average Bonchev–Trinajstić information content (AvgIpc) is 3.50. The molecule has 0 bridgehead atoms. The first kappa shape index (κ1) is 30.3. The zero-order valence-electron chi connectivity index (χ0n) is 23.8. The molecular formula is C29H38ClN3O6S. The Morgan fingerprint density at radius 1 is 1.12 bits per heavy atom. The predicted molar refractivity (Wildman–Crippen MR) is 152 cm³/mol. The zero-order chi connectivity index (χ0) is 29.0. The zero-order valence-corrected chi connectivity index (χ0v) is 25.3. The van der Waals surface area contributed by atoms with Crippen LogP contribution in [0.1, 0.15) is 67.1 Å². The second-order valence-corrected chi connectivity index (χ2v) is 13.0. The molecule has 218 valence electrons. The van der Waals surface area contributed by atoms with Crippen molar-refractivity contribution in [1.29, 1.82) is 0 Å². The number of nitrogens with zero attached hydrogens (tertiary/aromatic N) is 3. The third-order valence-corrected chi connectivity index (χ3v) is 8.61. The van der Waals surface area contributed by atoms with Crippen LogP contribution in [0.5, 0.6) is 0 Å². The van der Waals surface area contributed by atoms with Gasteiger partial charge in [-0.15, -0.1) is 11.3 Å². The van der Waals surface area contributed by atoms with Gasteiger partial charge in [-0.3, -0.25) is 4.79 Å². The quantitative estimate of drug-likeness (QED) is 0.412. The summed E-state index contributed by atoms with van der Waals surface area (Å²) in [5.74, 6) is -0.391.